The molecule has 0 radical (unpaired) electrons. The van der Waals surface area contributed by atoms with Gasteiger partial charge in [0.2, 0.25) is 5.91 Å². The van der Waals surface area contributed by atoms with Crippen molar-refractivity contribution in [3.63, 3.8) is 0 Å². The predicted molar refractivity (Wildman–Crippen MR) is 77.0 cm³/mol. The third kappa shape index (κ3) is 4.10. The number of carbonyl (C=O) groups is 2. The highest BCUT2D eigenvalue weighted by atomic mass is 32.2. The maximum absolute atomic E-state index is 11.7. The molecule has 0 saturated heterocycles. The second-order valence-electron chi connectivity index (χ2n) is 3.88. The lowest BCUT2D eigenvalue weighted by molar-refractivity contribution is -0.113. The number of pyridine rings is 1. The van der Waals surface area contributed by atoms with Crippen LogP contribution in [0.4, 0.5) is 5.82 Å². The first-order valence-corrected chi connectivity index (χ1v) is 6.81. The second kappa shape index (κ2) is 6.72. The van der Waals surface area contributed by atoms with Crippen LogP contribution >= 0.6 is 11.8 Å². The van der Waals surface area contributed by atoms with Gasteiger partial charge in [0.25, 0.3) is 0 Å². The van der Waals surface area contributed by atoms with Gasteiger partial charge in [-0.05, 0) is 30.3 Å². The molecule has 2 N–H and O–H groups in total. The number of nitrogens with zero attached hydrogens (tertiary/aromatic N) is 1. The maximum atomic E-state index is 11.7. The summed E-state index contributed by atoms with van der Waals surface area (Å²) in [6.45, 7) is 0. The lowest BCUT2D eigenvalue weighted by Crippen LogP contribution is -2.14. The summed E-state index contributed by atoms with van der Waals surface area (Å²) in [5, 5.41) is 11.5. The van der Waals surface area contributed by atoms with Crippen molar-refractivity contribution in [3.05, 3.63) is 54.2 Å². The molecule has 20 heavy (non-hydrogen) atoms. The third-order valence-electron chi connectivity index (χ3n) is 2.38. The van der Waals surface area contributed by atoms with Crippen LogP contribution in [0.2, 0.25) is 0 Å². The number of aromatic carboxylic acids is 1. The molecule has 0 fully saturated rings. The quantitative estimate of drug-likeness (QED) is 0.826. The standard InChI is InChI=1S/C14H12N2O3S/c17-13(16-12-6-1-2-7-15-12)9-20-11-5-3-4-10(8-11)14(18)19/h1-8H,9H2,(H,18,19)(H,15,16,17). The van der Waals surface area contributed by atoms with E-state index in [0.717, 1.165) is 4.90 Å². The predicted octanol–water partition coefficient (Wildman–Crippen LogP) is 2.51. The van der Waals surface area contributed by atoms with Crippen molar-refractivity contribution in [1.29, 1.82) is 0 Å². The van der Waals surface area contributed by atoms with Gasteiger partial charge >= 0.3 is 5.97 Å². The Morgan fingerprint density at radius 1 is 1.20 bits per heavy atom. The zero-order valence-electron chi connectivity index (χ0n) is 10.4. The van der Waals surface area contributed by atoms with Gasteiger partial charge in [-0.15, -0.1) is 11.8 Å². The largest absolute Gasteiger partial charge is 0.478 e. The summed E-state index contributed by atoms with van der Waals surface area (Å²) in [4.78, 5) is 27.3. The Morgan fingerprint density at radius 2 is 2.05 bits per heavy atom. The summed E-state index contributed by atoms with van der Waals surface area (Å²) in [5.41, 5.74) is 0.208. The number of amides is 1. The molecule has 0 bridgehead atoms. The van der Waals surface area contributed by atoms with E-state index >= 15 is 0 Å². The average Bonchev–Trinajstić information content (AvgIpc) is 2.46. The Balaban J connectivity index is 1.90. The number of carbonyl (C=O) groups excluding carboxylic acids is 1. The van der Waals surface area contributed by atoms with E-state index in [9.17, 15) is 9.59 Å². The first-order valence-electron chi connectivity index (χ1n) is 5.82. The molecule has 0 aliphatic rings. The molecule has 6 heteroatoms. The fraction of sp³-hybridized carbons (Fsp3) is 0.0714. The lowest BCUT2D eigenvalue weighted by atomic mass is 10.2. The molecular weight excluding hydrogens is 276 g/mol. The highest BCUT2D eigenvalue weighted by molar-refractivity contribution is 8.00. The minimum atomic E-state index is -0.981. The van der Waals surface area contributed by atoms with Crippen LogP contribution in [0.1, 0.15) is 10.4 Å². The van der Waals surface area contributed by atoms with Crippen LogP contribution in [0.3, 0.4) is 0 Å². The highest BCUT2D eigenvalue weighted by Crippen LogP contribution is 2.19. The molecule has 0 atom stereocenters. The maximum Gasteiger partial charge on any atom is 0.335 e. The Kier molecular flexibility index (Phi) is 4.73. The van der Waals surface area contributed by atoms with Gasteiger partial charge in [0.05, 0.1) is 11.3 Å². The van der Waals surface area contributed by atoms with E-state index in [4.69, 9.17) is 5.11 Å². The van der Waals surface area contributed by atoms with Crippen LogP contribution in [0.25, 0.3) is 0 Å². The first kappa shape index (κ1) is 14.1. The van der Waals surface area contributed by atoms with Crippen LogP contribution in [-0.4, -0.2) is 27.7 Å². The van der Waals surface area contributed by atoms with Crippen molar-refractivity contribution in [2.45, 2.75) is 4.90 Å². The van der Waals surface area contributed by atoms with Gasteiger partial charge in [0.15, 0.2) is 0 Å². The normalized spacial score (nSPS) is 10.0. The average molecular weight is 288 g/mol. The van der Waals surface area contributed by atoms with Crippen molar-refractivity contribution < 1.29 is 14.7 Å². The number of hydrogen-bond acceptors (Lipinski definition) is 4. The molecule has 0 aliphatic carbocycles. The zero-order valence-corrected chi connectivity index (χ0v) is 11.3. The van der Waals surface area contributed by atoms with E-state index < -0.39 is 5.97 Å². The van der Waals surface area contributed by atoms with Crippen molar-refractivity contribution in [1.82, 2.24) is 4.98 Å². The Bertz CT molecular complexity index is 617. The van der Waals surface area contributed by atoms with E-state index in [1.165, 1.54) is 17.8 Å². The molecule has 2 aromatic rings. The summed E-state index contributed by atoms with van der Waals surface area (Å²) in [6.07, 6.45) is 1.60. The monoisotopic (exact) mass is 288 g/mol. The number of nitrogens with one attached hydrogen (secondary N) is 1. The summed E-state index contributed by atoms with van der Waals surface area (Å²) in [7, 11) is 0. The first-order chi connectivity index (χ1) is 9.65. The number of carboxylic acid groups (broad SMARTS) is 1. The minimum Gasteiger partial charge on any atom is -0.478 e. The van der Waals surface area contributed by atoms with E-state index in [1.807, 2.05) is 0 Å². The fourth-order valence-corrected chi connectivity index (χ4v) is 2.24. The third-order valence-corrected chi connectivity index (χ3v) is 3.38. The Morgan fingerprint density at radius 3 is 2.75 bits per heavy atom. The van der Waals surface area contributed by atoms with Crippen molar-refractivity contribution >= 4 is 29.5 Å². The molecule has 1 heterocycles. The smallest absolute Gasteiger partial charge is 0.335 e. The summed E-state index contributed by atoms with van der Waals surface area (Å²) >= 11 is 1.28. The molecule has 1 amide bonds. The van der Waals surface area contributed by atoms with Crippen LogP contribution in [-0.2, 0) is 4.79 Å². The van der Waals surface area contributed by atoms with Gasteiger partial charge in [0.1, 0.15) is 5.82 Å². The molecule has 102 valence electrons. The topological polar surface area (TPSA) is 79.3 Å². The molecule has 2 rings (SSSR count). The van der Waals surface area contributed by atoms with E-state index in [-0.39, 0.29) is 17.2 Å². The van der Waals surface area contributed by atoms with E-state index in [0.29, 0.717) is 5.82 Å². The number of rotatable bonds is 5. The summed E-state index contributed by atoms with van der Waals surface area (Å²) in [5.74, 6) is -0.475. The van der Waals surface area contributed by atoms with Gasteiger partial charge in [-0.25, -0.2) is 9.78 Å². The van der Waals surface area contributed by atoms with Gasteiger partial charge in [-0.2, -0.15) is 0 Å². The summed E-state index contributed by atoms with van der Waals surface area (Å²) < 4.78 is 0. The number of aromatic nitrogens is 1. The number of benzene rings is 1. The number of hydrogen-bond donors (Lipinski definition) is 2. The molecule has 0 unspecified atom stereocenters. The second-order valence-corrected chi connectivity index (χ2v) is 4.93. The van der Waals surface area contributed by atoms with Crippen LogP contribution in [0.5, 0.6) is 0 Å². The van der Waals surface area contributed by atoms with E-state index in [1.54, 1.807) is 42.6 Å². The van der Waals surface area contributed by atoms with Gasteiger partial charge in [-0.1, -0.05) is 12.1 Å². The molecule has 1 aromatic carbocycles. The molecule has 0 saturated carbocycles. The van der Waals surface area contributed by atoms with Gasteiger partial charge < -0.3 is 10.4 Å². The number of carboxylic acids is 1. The zero-order chi connectivity index (χ0) is 14.4. The van der Waals surface area contributed by atoms with Crippen molar-refractivity contribution in [3.8, 4) is 0 Å². The molecule has 0 aliphatic heterocycles. The minimum absolute atomic E-state index is 0.186. The molecular formula is C14H12N2O3S. The highest BCUT2D eigenvalue weighted by Gasteiger charge is 2.07. The van der Waals surface area contributed by atoms with Crippen molar-refractivity contribution in [2.75, 3.05) is 11.1 Å². The van der Waals surface area contributed by atoms with Crippen LogP contribution in [0, 0.1) is 0 Å². The van der Waals surface area contributed by atoms with Gasteiger partial charge in [0, 0.05) is 11.1 Å². The number of thioether (sulfide) groups is 1. The Labute approximate surface area is 120 Å². The molecule has 5 nitrogen and oxygen atoms in total. The van der Waals surface area contributed by atoms with Gasteiger partial charge in [-0.3, -0.25) is 4.79 Å². The summed E-state index contributed by atoms with van der Waals surface area (Å²) in [6, 6.07) is 11.7. The fourth-order valence-electron chi connectivity index (χ4n) is 1.48. The van der Waals surface area contributed by atoms with Crippen LogP contribution in [0.15, 0.2) is 53.6 Å². The molecule has 0 spiro atoms. The van der Waals surface area contributed by atoms with E-state index in [2.05, 4.69) is 10.3 Å². The van der Waals surface area contributed by atoms with Crippen LogP contribution < -0.4 is 5.32 Å². The lowest BCUT2D eigenvalue weighted by Gasteiger charge is -2.04. The SMILES string of the molecule is O=C(CSc1cccc(C(=O)O)c1)Nc1ccccn1. The Hall–Kier alpha value is -2.34. The molecule has 1 aromatic heterocycles. The number of anilines is 1. The van der Waals surface area contributed by atoms with Crippen molar-refractivity contribution in [2.24, 2.45) is 0 Å².